The van der Waals surface area contributed by atoms with E-state index in [0.717, 1.165) is 12.0 Å². The van der Waals surface area contributed by atoms with E-state index in [4.69, 9.17) is 0 Å². The summed E-state index contributed by atoms with van der Waals surface area (Å²) in [5.41, 5.74) is 2.20. The van der Waals surface area contributed by atoms with E-state index in [1.165, 1.54) is 11.3 Å². The Morgan fingerprint density at radius 3 is 2.52 bits per heavy atom. The van der Waals surface area contributed by atoms with Gasteiger partial charge < -0.3 is 10.2 Å². The summed E-state index contributed by atoms with van der Waals surface area (Å²) >= 11 is 1.20. The summed E-state index contributed by atoms with van der Waals surface area (Å²) in [7, 11) is 0. The van der Waals surface area contributed by atoms with Crippen molar-refractivity contribution >= 4 is 28.2 Å². The van der Waals surface area contributed by atoms with Gasteiger partial charge in [-0.25, -0.2) is 0 Å². The predicted octanol–water partition coefficient (Wildman–Crippen LogP) is 4.15. The van der Waals surface area contributed by atoms with Crippen LogP contribution in [0, 0.1) is 24.2 Å². The van der Waals surface area contributed by atoms with Gasteiger partial charge in [-0.2, -0.15) is 5.26 Å². The number of carbonyl (C=O) groups is 2. The summed E-state index contributed by atoms with van der Waals surface area (Å²) in [6.45, 7) is 6.84. The molecule has 0 saturated heterocycles. The molecule has 1 aliphatic carbocycles. The first kappa shape index (κ1) is 19.1. The van der Waals surface area contributed by atoms with Gasteiger partial charge in [0.15, 0.2) is 0 Å². The normalized spacial score (nSPS) is 17.9. The van der Waals surface area contributed by atoms with Crippen LogP contribution in [0.4, 0.5) is 5.00 Å². The first-order chi connectivity index (χ1) is 13.0. The molecule has 2 unspecified atom stereocenters. The summed E-state index contributed by atoms with van der Waals surface area (Å²) in [4.78, 5) is 27.6. The van der Waals surface area contributed by atoms with E-state index < -0.39 is 0 Å². The molecule has 1 aromatic carbocycles. The average Bonchev–Trinajstić information content (AvgIpc) is 3.42. The number of benzene rings is 1. The number of amides is 2. The largest absolute Gasteiger partial charge is 0.338 e. The zero-order valence-corrected chi connectivity index (χ0v) is 16.6. The number of hydrogen-bond acceptors (Lipinski definition) is 4. The van der Waals surface area contributed by atoms with E-state index in [0.29, 0.717) is 34.1 Å². The Hall–Kier alpha value is -2.65. The number of thiophene rings is 1. The molecule has 3 rings (SSSR count). The van der Waals surface area contributed by atoms with Crippen LogP contribution >= 0.6 is 11.3 Å². The number of anilines is 1. The lowest BCUT2D eigenvalue weighted by Crippen LogP contribution is -2.30. The molecule has 0 spiro atoms. The van der Waals surface area contributed by atoms with Crippen LogP contribution in [-0.4, -0.2) is 29.8 Å². The Kier molecular flexibility index (Phi) is 5.62. The second-order valence-corrected chi connectivity index (χ2v) is 7.72. The van der Waals surface area contributed by atoms with E-state index in [1.807, 2.05) is 44.2 Å². The van der Waals surface area contributed by atoms with Crippen molar-refractivity contribution in [3.05, 3.63) is 51.9 Å². The molecule has 5 nitrogen and oxygen atoms in total. The van der Waals surface area contributed by atoms with E-state index in [1.54, 1.807) is 11.8 Å². The number of hydrogen-bond donors (Lipinski definition) is 1. The molecular formula is C21H23N3O2S. The quantitative estimate of drug-likeness (QED) is 0.817. The van der Waals surface area contributed by atoms with Crippen LogP contribution < -0.4 is 5.32 Å². The van der Waals surface area contributed by atoms with Crippen molar-refractivity contribution in [2.75, 3.05) is 18.4 Å². The molecule has 0 radical (unpaired) electrons. The van der Waals surface area contributed by atoms with Gasteiger partial charge in [0, 0.05) is 19.0 Å². The maximum Gasteiger partial charge on any atom is 0.264 e. The fourth-order valence-corrected chi connectivity index (χ4v) is 4.48. The van der Waals surface area contributed by atoms with Crippen molar-refractivity contribution in [2.24, 2.45) is 5.92 Å². The van der Waals surface area contributed by atoms with Crippen molar-refractivity contribution in [1.29, 1.82) is 5.26 Å². The van der Waals surface area contributed by atoms with Crippen molar-refractivity contribution in [3.8, 4) is 6.07 Å². The molecule has 1 heterocycles. The molecule has 1 saturated carbocycles. The van der Waals surface area contributed by atoms with Crippen LogP contribution in [0.1, 0.15) is 52.5 Å². The Labute approximate surface area is 163 Å². The molecule has 2 atom stereocenters. The van der Waals surface area contributed by atoms with Gasteiger partial charge in [-0.05, 0) is 44.2 Å². The first-order valence-electron chi connectivity index (χ1n) is 9.20. The van der Waals surface area contributed by atoms with Crippen LogP contribution in [-0.2, 0) is 4.79 Å². The lowest BCUT2D eigenvalue weighted by molar-refractivity contribution is -0.117. The molecule has 140 valence electrons. The topological polar surface area (TPSA) is 73.2 Å². The zero-order valence-electron chi connectivity index (χ0n) is 15.8. The number of nitrogens with zero attached hydrogens (tertiary/aromatic N) is 2. The van der Waals surface area contributed by atoms with Gasteiger partial charge in [-0.3, -0.25) is 9.59 Å². The van der Waals surface area contributed by atoms with E-state index >= 15 is 0 Å². The molecule has 0 bridgehead atoms. The van der Waals surface area contributed by atoms with Crippen LogP contribution in [0.25, 0.3) is 0 Å². The van der Waals surface area contributed by atoms with E-state index in [9.17, 15) is 14.9 Å². The Bertz CT molecular complexity index is 894. The molecule has 2 aromatic rings. The maximum atomic E-state index is 12.7. The second kappa shape index (κ2) is 7.93. The SMILES string of the molecule is CCN(CC)C(=O)c1sc(NC(=O)C2CC2c2ccccc2)c(C#N)c1C. The van der Waals surface area contributed by atoms with Gasteiger partial charge in [0.05, 0.1) is 10.4 Å². The minimum Gasteiger partial charge on any atom is -0.338 e. The highest BCUT2D eigenvalue weighted by atomic mass is 32.1. The van der Waals surface area contributed by atoms with E-state index in [-0.39, 0.29) is 23.7 Å². The lowest BCUT2D eigenvalue weighted by atomic mass is 10.1. The summed E-state index contributed by atoms with van der Waals surface area (Å²) in [6.07, 6.45) is 0.813. The third-order valence-corrected chi connectivity index (χ3v) is 6.29. The van der Waals surface area contributed by atoms with Crippen LogP contribution in [0.3, 0.4) is 0 Å². The van der Waals surface area contributed by atoms with Gasteiger partial charge in [0.1, 0.15) is 11.1 Å². The Morgan fingerprint density at radius 2 is 1.93 bits per heavy atom. The monoisotopic (exact) mass is 381 g/mol. The fourth-order valence-electron chi connectivity index (χ4n) is 3.35. The van der Waals surface area contributed by atoms with Gasteiger partial charge in [-0.1, -0.05) is 30.3 Å². The van der Waals surface area contributed by atoms with Gasteiger partial charge in [0.2, 0.25) is 5.91 Å². The van der Waals surface area contributed by atoms with Gasteiger partial charge >= 0.3 is 0 Å². The summed E-state index contributed by atoms with van der Waals surface area (Å²) in [5, 5.41) is 12.9. The molecular weight excluding hydrogens is 358 g/mol. The maximum absolute atomic E-state index is 12.7. The summed E-state index contributed by atoms with van der Waals surface area (Å²) < 4.78 is 0. The van der Waals surface area contributed by atoms with E-state index in [2.05, 4.69) is 11.4 Å². The standard InChI is InChI=1S/C21H23N3O2S/c1-4-24(5-2)21(26)18-13(3)17(12-22)20(27-18)23-19(25)16-11-15(16)14-9-7-6-8-10-14/h6-10,15-16H,4-5,11H2,1-3H3,(H,23,25). The number of rotatable bonds is 6. The average molecular weight is 382 g/mol. The molecule has 1 N–H and O–H groups in total. The highest BCUT2D eigenvalue weighted by Gasteiger charge is 2.44. The molecule has 2 amide bonds. The molecule has 6 heteroatoms. The minimum atomic E-state index is -0.0897. The number of carbonyl (C=O) groups excluding carboxylic acids is 2. The van der Waals surface area contributed by atoms with Gasteiger partial charge in [-0.15, -0.1) is 11.3 Å². The third-order valence-electron chi connectivity index (χ3n) is 5.10. The van der Waals surface area contributed by atoms with Crippen LogP contribution in [0.2, 0.25) is 0 Å². The predicted molar refractivity (Wildman–Crippen MR) is 107 cm³/mol. The highest BCUT2D eigenvalue weighted by Crippen LogP contribution is 2.48. The Morgan fingerprint density at radius 1 is 1.26 bits per heavy atom. The summed E-state index contributed by atoms with van der Waals surface area (Å²) in [6, 6.07) is 12.1. The molecule has 0 aliphatic heterocycles. The number of nitrogens with one attached hydrogen (secondary N) is 1. The Balaban J connectivity index is 1.78. The first-order valence-corrected chi connectivity index (χ1v) is 10.0. The fraction of sp³-hybridized carbons (Fsp3) is 0.381. The number of nitriles is 1. The smallest absolute Gasteiger partial charge is 0.264 e. The zero-order chi connectivity index (χ0) is 19.6. The lowest BCUT2D eigenvalue weighted by Gasteiger charge is -2.17. The van der Waals surface area contributed by atoms with Crippen LogP contribution in [0.15, 0.2) is 30.3 Å². The summed E-state index contributed by atoms with van der Waals surface area (Å²) in [5.74, 6) is -0.0191. The molecule has 1 aliphatic rings. The van der Waals surface area contributed by atoms with Crippen LogP contribution in [0.5, 0.6) is 0 Å². The van der Waals surface area contributed by atoms with Crippen molar-refractivity contribution < 1.29 is 9.59 Å². The van der Waals surface area contributed by atoms with Gasteiger partial charge in [0.25, 0.3) is 5.91 Å². The van der Waals surface area contributed by atoms with Crippen molar-refractivity contribution in [3.63, 3.8) is 0 Å². The third kappa shape index (κ3) is 3.74. The van der Waals surface area contributed by atoms with Crippen molar-refractivity contribution in [1.82, 2.24) is 4.90 Å². The van der Waals surface area contributed by atoms with Crippen molar-refractivity contribution in [2.45, 2.75) is 33.1 Å². The molecule has 27 heavy (non-hydrogen) atoms. The second-order valence-electron chi connectivity index (χ2n) is 6.70. The molecule has 1 aromatic heterocycles. The minimum absolute atomic E-state index is 0.0801. The molecule has 1 fully saturated rings. The highest BCUT2D eigenvalue weighted by molar-refractivity contribution is 7.18.